The number of rotatable bonds is 4. The summed E-state index contributed by atoms with van der Waals surface area (Å²) in [7, 11) is 0. The summed E-state index contributed by atoms with van der Waals surface area (Å²) in [4.78, 5) is 18.7. The molecule has 1 aromatic carbocycles. The van der Waals surface area contributed by atoms with Gasteiger partial charge in [-0.2, -0.15) is 0 Å². The second kappa shape index (κ2) is 5.56. The van der Waals surface area contributed by atoms with Crippen molar-refractivity contribution in [1.82, 2.24) is 9.97 Å². The average molecular weight is 260 g/mol. The minimum absolute atomic E-state index is 0.365. The third-order valence-corrected chi connectivity index (χ3v) is 2.97. The first-order chi connectivity index (χ1) is 9.13. The van der Waals surface area contributed by atoms with Crippen LogP contribution in [-0.2, 0) is 4.79 Å². The van der Waals surface area contributed by atoms with E-state index in [2.05, 4.69) is 9.97 Å². The Balaban J connectivity index is 2.40. The van der Waals surface area contributed by atoms with E-state index in [0.29, 0.717) is 23.1 Å². The normalized spacial score (nSPS) is 12.1. The number of carboxylic acids is 1. The lowest BCUT2D eigenvalue weighted by Crippen LogP contribution is -2.10. The van der Waals surface area contributed by atoms with Gasteiger partial charge in [0.2, 0.25) is 0 Å². The molecule has 0 saturated carbocycles. The summed E-state index contributed by atoms with van der Waals surface area (Å²) < 4.78 is 14.0. The molecule has 2 rings (SSSR count). The number of aromatic nitrogens is 2. The number of aliphatic carboxylic acids is 1. The lowest BCUT2D eigenvalue weighted by molar-refractivity contribution is -0.138. The summed E-state index contributed by atoms with van der Waals surface area (Å²) in [6.07, 6.45) is 4.81. The van der Waals surface area contributed by atoms with Crippen LogP contribution in [0.5, 0.6) is 0 Å². The van der Waals surface area contributed by atoms with E-state index in [1.165, 1.54) is 24.8 Å². The zero-order valence-corrected chi connectivity index (χ0v) is 10.4. The first kappa shape index (κ1) is 13.1. The lowest BCUT2D eigenvalue weighted by atomic mass is 9.94. The molecule has 0 aliphatic carbocycles. The molecule has 0 radical (unpaired) electrons. The molecule has 0 aliphatic heterocycles. The van der Waals surface area contributed by atoms with Crippen LogP contribution < -0.4 is 0 Å². The number of benzene rings is 1. The summed E-state index contributed by atoms with van der Waals surface area (Å²) in [5, 5.41) is 9.06. The molecule has 0 saturated heterocycles. The van der Waals surface area contributed by atoms with Crippen molar-refractivity contribution in [2.45, 2.75) is 19.3 Å². The van der Waals surface area contributed by atoms with Crippen LogP contribution in [0.4, 0.5) is 4.39 Å². The predicted molar refractivity (Wildman–Crippen MR) is 68.1 cm³/mol. The van der Waals surface area contributed by atoms with Crippen molar-refractivity contribution in [3.63, 3.8) is 0 Å². The topological polar surface area (TPSA) is 63.1 Å². The zero-order valence-electron chi connectivity index (χ0n) is 10.4. The Morgan fingerprint density at radius 2 is 2.05 bits per heavy atom. The number of carbonyl (C=O) groups is 1. The smallest absolute Gasteiger partial charge is 0.310 e. The summed E-state index contributed by atoms with van der Waals surface area (Å²) >= 11 is 0. The van der Waals surface area contributed by atoms with Gasteiger partial charge in [0, 0.05) is 23.5 Å². The van der Waals surface area contributed by atoms with E-state index in [-0.39, 0.29) is 0 Å². The molecule has 1 atom stereocenters. The van der Waals surface area contributed by atoms with Crippen molar-refractivity contribution in [1.29, 1.82) is 0 Å². The monoisotopic (exact) mass is 260 g/mol. The van der Waals surface area contributed by atoms with Gasteiger partial charge in [0.25, 0.3) is 0 Å². The van der Waals surface area contributed by atoms with E-state index in [1.54, 1.807) is 19.1 Å². The highest BCUT2D eigenvalue weighted by atomic mass is 19.1. The van der Waals surface area contributed by atoms with E-state index >= 15 is 0 Å². The maximum Gasteiger partial charge on any atom is 0.310 e. The van der Waals surface area contributed by atoms with E-state index in [9.17, 15) is 9.18 Å². The molecule has 0 amide bonds. The fraction of sp³-hybridized carbons (Fsp3) is 0.214. The second-order valence-corrected chi connectivity index (χ2v) is 4.17. The standard InChI is InChI=1S/C14H13FN2O2/c1-2-11(14(18)19)9-3-4-12(13(15)5-9)10-6-16-8-17-7-10/h3-8,11H,2H2,1H3,(H,18,19). The van der Waals surface area contributed by atoms with Crippen molar-refractivity contribution in [3.05, 3.63) is 48.3 Å². The van der Waals surface area contributed by atoms with Gasteiger partial charge >= 0.3 is 5.97 Å². The quantitative estimate of drug-likeness (QED) is 0.918. The fourth-order valence-electron chi connectivity index (χ4n) is 1.97. The first-order valence-corrected chi connectivity index (χ1v) is 5.91. The Kier molecular flexibility index (Phi) is 3.85. The van der Waals surface area contributed by atoms with Crippen LogP contribution in [-0.4, -0.2) is 21.0 Å². The Labute approximate surface area is 110 Å². The van der Waals surface area contributed by atoms with Crippen LogP contribution in [0.2, 0.25) is 0 Å². The minimum atomic E-state index is -0.947. The van der Waals surface area contributed by atoms with Gasteiger partial charge < -0.3 is 5.11 Å². The number of hydrogen-bond acceptors (Lipinski definition) is 3. The van der Waals surface area contributed by atoms with E-state index in [1.807, 2.05) is 0 Å². The Morgan fingerprint density at radius 3 is 2.58 bits per heavy atom. The van der Waals surface area contributed by atoms with Crippen LogP contribution in [0.15, 0.2) is 36.9 Å². The minimum Gasteiger partial charge on any atom is -0.481 e. The third kappa shape index (κ3) is 2.76. The molecule has 98 valence electrons. The highest BCUT2D eigenvalue weighted by Crippen LogP contribution is 2.27. The summed E-state index contributed by atoms with van der Waals surface area (Å²) in [5.41, 5.74) is 1.40. The van der Waals surface area contributed by atoms with Crippen LogP contribution in [0.1, 0.15) is 24.8 Å². The largest absolute Gasteiger partial charge is 0.481 e. The molecule has 1 unspecified atom stereocenters. The van der Waals surface area contributed by atoms with Crippen molar-refractivity contribution in [2.24, 2.45) is 0 Å². The molecular formula is C14H13FN2O2. The van der Waals surface area contributed by atoms with Gasteiger partial charge in [-0.1, -0.05) is 19.1 Å². The molecule has 0 fully saturated rings. The molecule has 19 heavy (non-hydrogen) atoms. The summed E-state index contributed by atoms with van der Waals surface area (Å²) in [5.74, 6) is -2.10. The summed E-state index contributed by atoms with van der Waals surface area (Å²) in [6.45, 7) is 1.76. The molecule has 1 N–H and O–H groups in total. The Morgan fingerprint density at radius 1 is 1.37 bits per heavy atom. The van der Waals surface area contributed by atoms with Gasteiger partial charge in [0.05, 0.1) is 5.92 Å². The van der Waals surface area contributed by atoms with Crippen molar-refractivity contribution < 1.29 is 14.3 Å². The van der Waals surface area contributed by atoms with Gasteiger partial charge in [-0.05, 0) is 18.1 Å². The van der Waals surface area contributed by atoms with Crippen LogP contribution >= 0.6 is 0 Å². The van der Waals surface area contributed by atoms with Gasteiger partial charge in [-0.15, -0.1) is 0 Å². The van der Waals surface area contributed by atoms with Crippen LogP contribution in [0, 0.1) is 5.82 Å². The van der Waals surface area contributed by atoms with Crippen LogP contribution in [0.3, 0.4) is 0 Å². The molecule has 1 aromatic heterocycles. The van der Waals surface area contributed by atoms with E-state index < -0.39 is 17.7 Å². The number of carboxylic acid groups (broad SMARTS) is 1. The van der Waals surface area contributed by atoms with Gasteiger partial charge in [-0.3, -0.25) is 4.79 Å². The molecule has 2 aromatic rings. The zero-order chi connectivity index (χ0) is 13.8. The molecule has 4 nitrogen and oxygen atoms in total. The maximum atomic E-state index is 14.0. The number of halogens is 1. The fourth-order valence-corrected chi connectivity index (χ4v) is 1.97. The molecular weight excluding hydrogens is 247 g/mol. The van der Waals surface area contributed by atoms with Crippen molar-refractivity contribution in [2.75, 3.05) is 0 Å². The van der Waals surface area contributed by atoms with Gasteiger partial charge in [-0.25, -0.2) is 14.4 Å². The molecule has 1 heterocycles. The van der Waals surface area contributed by atoms with Gasteiger partial charge in [0.1, 0.15) is 12.1 Å². The highest BCUT2D eigenvalue weighted by Gasteiger charge is 2.19. The maximum absolute atomic E-state index is 14.0. The first-order valence-electron chi connectivity index (χ1n) is 5.91. The Hall–Kier alpha value is -2.30. The molecule has 0 aliphatic rings. The lowest BCUT2D eigenvalue weighted by Gasteiger charge is -2.11. The summed E-state index contributed by atoms with van der Waals surface area (Å²) in [6, 6.07) is 4.47. The number of nitrogens with zero attached hydrogens (tertiary/aromatic N) is 2. The molecule has 0 bridgehead atoms. The average Bonchev–Trinajstić information content (AvgIpc) is 2.40. The third-order valence-electron chi connectivity index (χ3n) is 2.97. The van der Waals surface area contributed by atoms with Gasteiger partial charge in [0.15, 0.2) is 0 Å². The SMILES string of the molecule is CCC(C(=O)O)c1ccc(-c2cncnc2)c(F)c1. The van der Waals surface area contributed by atoms with E-state index in [0.717, 1.165) is 0 Å². The van der Waals surface area contributed by atoms with Crippen molar-refractivity contribution >= 4 is 5.97 Å². The van der Waals surface area contributed by atoms with Crippen LogP contribution in [0.25, 0.3) is 11.1 Å². The number of hydrogen-bond donors (Lipinski definition) is 1. The highest BCUT2D eigenvalue weighted by molar-refractivity contribution is 5.76. The van der Waals surface area contributed by atoms with Crippen molar-refractivity contribution in [3.8, 4) is 11.1 Å². The Bertz CT molecular complexity index is 587. The second-order valence-electron chi connectivity index (χ2n) is 4.17. The van der Waals surface area contributed by atoms with E-state index in [4.69, 9.17) is 5.11 Å². The predicted octanol–water partition coefficient (Wildman–Crippen LogP) is 2.86. The molecule has 5 heteroatoms. The molecule has 0 spiro atoms.